The van der Waals surface area contributed by atoms with Crippen molar-refractivity contribution in [3.63, 3.8) is 0 Å². The van der Waals surface area contributed by atoms with Crippen molar-refractivity contribution in [2.24, 2.45) is 5.73 Å². The zero-order valence-corrected chi connectivity index (χ0v) is 16.6. The minimum atomic E-state index is -0.0475. The third-order valence-electron chi connectivity index (χ3n) is 4.95. The molecule has 0 aliphatic carbocycles. The van der Waals surface area contributed by atoms with Gasteiger partial charge in [-0.05, 0) is 46.3 Å². The van der Waals surface area contributed by atoms with E-state index >= 15 is 0 Å². The van der Waals surface area contributed by atoms with Crippen LogP contribution in [0.5, 0.6) is 17.2 Å². The summed E-state index contributed by atoms with van der Waals surface area (Å²) in [4.78, 5) is 12.3. The van der Waals surface area contributed by atoms with Crippen molar-refractivity contribution in [1.29, 1.82) is 0 Å². The van der Waals surface area contributed by atoms with E-state index in [0.29, 0.717) is 25.3 Å². The highest BCUT2D eigenvalue weighted by atomic mass is 16.7. The third-order valence-corrected chi connectivity index (χ3v) is 4.95. The topological polar surface area (TPSA) is 82.8 Å². The number of benzene rings is 3. The van der Waals surface area contributed by atoms with E-state index in [0.717, 1.165) is 44.7 Å². The van der Waals surface area contributed by atoms with Crippen molar-refractivity contribution < 1.29 is 19.0 Å². The molecular weight excluding hydrogens is 368 g/mol. The fraction of sp³-hybridized carbons (Fsp3) is 0.261. The van der Waals surface area contributed by atoms with Crippen molar-refractivity contribution in [2.45, 2.75) is 20.4 Å². The Hall–Kier alpha value is -3.25. The number of carbonyl (C=O) groups excluding carboxylic acids is 1. The van der Waals surface area contributed by atoms with Crippen LogP contribution in [-0.4, -0.2) is 25.9 Å². The van der Waals surface area contributed by atoms with E-state index in [9.17, 15) is 4.79 Å². The van der Waals surface area contributed by atoms with Crippen molar-refractivity contribution in [3.8, 4) is 28.4 Å². The van der Waals surface area contributed by atoms with Crippen LogP contribution in [0.2, 0.25) is 0 Å². The number of carbonyl (C=O) groups is 1. The lowest BCUT2D eigenvalue weighted by Gasteiger charge is -2.15. The summed E-state index contributed by atoms with van der Waals surface area (Å²) in [6.45, 7) is 5.64. The molecule has 0 spiro atoms. The fourth-order valence-electron chi connectivity index (χ4n) is 3.76. The molecular formula is C23H24N2O4. The van der Waals surface area contributed by atoms with Gasteiger partial charge in [0.05, 0.1) is 0 Å². The van der Waals surface area contributed by atoms with Crippen LogP contribution in [-0.2, 0) is 6.54 Å². The Balaban J connectivity index is 0.000000994. The molecule has 6 heteroatoms. The highest BCUT2D eigenvalue weighted by Crippen LogP contribution is 2.46. The number of rotatable bonds is 4. The first-order valence-corrected chi connectivity index (χ1v) is 9.86. The van der Waals surface area contributed by atoms with E-state index in [1.54, 1.807) is 0 Å². The average molecular weight is 392 g/mol. The van der Waals surface area contributed by atoms with Crippen LogP contribution in [0.15, 0.2) is 42.5 Å². The number of hydrogen-bond donors (Lipinski definition) is 2. The summed E-state index contributed by atoms with van der Waals surface area (Å²) in [5.41, 5.74) is 9.17. The zero-order chi connectivity index (χ0) is 20.4. The molecule has 0 bridgehead atoms. The Morgan fingerprint density at radius 2 is 1.90 bits per heavy atom. The number of hydrogen-bond acceptors (Lipinski definition) is 5. The van der Waals surface area contributed by atoms with Crippen LogP contribution in [0.3, 0.4) is 0 Å². The van der Waals surface area contributed by atoms with Gasteiger partial charge in [-0.1, -0.05) is 32.0 Å². The van der Waals surface area contributed by atoms with Gasteiger partial charge in [0.1, 0.15) is 12.4 Å². The van der Waals surface area contributed by atoms with Crippen LogP contribution in [0.1, 0.15) is 29.8 Å². The SMILES string of the molecule is CC.NCCOc1ccc(-c2c3c(cc4ccc5c(c24)OCO5)C(=O)NC3)cc1. The molecule has 0 aromatic heterocycles. The molecule has 2 aliphatic heterocycles. The van der Waals surface area contributed by atoms with E-state index in [-0.39, 0.29) is 12.7 Å². The van der Waals surface area contributed by atoms with Crippen LogP contribution in [0.25, 0.3) is 21.9 Å². The summed E-state index contributed by atoms with van der Waals surface area (Å²) >= 11 is 0. The molecule has 0 fully saturated rings. The van der Waals surface area contributed by atoms with Gasteiger partial charge in [0.25, 0.3) is 5.91 Å². The van der Waals surface area contributed by atoms with Crippen molar-refractivity contribution >= 4 is 16.7 Å². The minimum absolute atomic E-state index is 0.0475. The maximum absolute atomic E-state index is 12.3. The van der Waals surface area contributed by atoms with E-state index in [2.05, 4.69) is 5.32 Å². The van der Waals surface area contributed by atoms with E-state index in [4.69, 9.17) is 19.9 Å². The lowest BCUT2D eigenvalue weighted by molar-refractivity contribution is 0.0966. The Morgan fingerprint density at radius 1 is 1.10 bits per heavy atom. The molecule has 3 aromatic rings. The van der Waals surface area contributed by atoms with Crippen LogP contribution >= 0.6 is 0 Å². The largest absolute Gasteiger partial charge is 0.492 e. The molecule has 0 saturated heterocycles. The molecule has 0 radical (unpaired) electrons. The summed E-state index contributed by atoms with van der Waals surface area (Å²) < 4.78 is 16.9. The molecule has 29 heavy (non-hydrogen) atoms. The number of amides is 1. The fourth-order valence-corrected chi connectivity index (χ4v) is 3.76. The maximum atomic E-state index is 12.3. The van der Waals surface area contributed by atoms with Crippen molar-refractivity contribution in [1.82, 2.24) is 5.32 Å². The second-order valence-corrected chi connectivity index (χ2v) is 6.52. The Kier molecular flexibility index (Phi) is 5.27. The van der Waals surface area contributed by atoms with Gasteiger partial charge in [0, 0.05) is 24.0 Å². The molecule has 3 N–H and O–H groups in total. The first-order chi connectivity index (χ1) is 14.3. The minimum Gasteiger partial charge on any atom is -0.492 e. The summed E-state index contributed by atoms with van der Waals surface area (Å²) in [5.74, 6) is 2.17. The molecule has 6 nitrogen and oxygen atoms in total. The Morgan fingerprint density at radius 3 is 2.66 bits per heavy atom. The second kappa shape index (κ2) is 8.01. The van der Waals surface area contributed by atoms with Gasteiger partial charge in [-0.3, -0.25) is 4.79 Å². The number of nitrogens with two attached hydrogens (primary N) is 1. The van der Waals surface area contributed by atoms with Crippen LogP contribution in [0, 0.1) is 0 Å². The summed E-state index contributed by atoms with van der Waals surface area (Å²) in [6.07, 6.45) is 0. The van der Waals surface area contributed by atoms with Crippen LogP contribution < -0.4 is 25.3 Å². The quantitative estimate of drug-likeness (QED) is 0.705. The van der Waals surface area contributed by atoms with Gasteiger partial charge >= 0.3 is 0 Å². The van der Waals surface area contributed by atoms with Gasteiger partial charge in [0.15, 0.2) is 11.5 Å². The lowest BCUT2D eigenvalue weighted by atomic mass is 9.90. The smallest absolute Gasteiger partial charge is 0.251 e. The Labute approximate surface area is 169 Å². The van der Waals surface area contributed by atoms with Crippen molar-refractivity contribution in [3.05, 3.63) is 53.6 Å². The van der Waals surface area contributed by atoms with Gasteiger partial charge in [-0.2, -0.15) is 0 Å². The van der Waals surface area contributed by atoms with Gasteiger partial charge in [-0.15, -0.1) is 0 Å². The molecule has 3 aromatic carbocycles. The number of nitrogens with one attached hydrogen (secondary N) is 1. The van der Waals surface area contributed by atoms with Gasteiger partial charge in [0.2, 0.25) is 6.79 Å². The molecule has 2 heterocycles. The summed E-state index contributed by atoms with van der Waals surface area (Å²) in [5, 5.41) is 4.85. The Bertz CT molecular complexity index is 1060. The molecule has 2 aliphatic rings. The normalized spacial score (nSPS) is 13.6. The van der Waals surface area contributed by atoms with Gasteiger partial charge in [-0.25, -0.2) is 0 Å². The molecule has 0 atom stereocenters. The maximum Gasteiger partial charge on any atom is 0.251 e. The average Bonchev–Trinajstić information content (AvgIpc) is 3.39. The van der Waals surface area contributed by atoms with E-state index in [1.807, 2.05) is 56.3 Å². The first kappa shape index (κ1) is 19.1. The monoisotopic (exact) mass is 392 g/mol. The zero-order valence-electron chi connectivity index (χ0n) is 16.6. The predicted molar refractivity (Wildman–Crippen MR) is 113 cm³/mol. The summed E-state index contributed by atoms with van der Waals surface area (Å²) in [7, 11) is 0. The highest BCUT2D eigenvalue weighted by molar-refractivity contribution is 6.11. The van der Waals surface area contributed by atoms with Crippen molar-refractivity contribution in [2.75, 3.05) is 19.9 Å². The molecule has 0 saturated carbocycles. The first-order valence-electron chi connectivity index (χ1n) is 9.86. The molecule has 5 rings (SSSR count). The standard InChI is InChI=1S/C21H18N2O4.C2H6/c22-7-8-25-14-4-1-12(2-5-14)18-16-10-23-21(24)15(16)9-13-3-6-17-20(19(13)18)27-11-26-17;1-2/h1-6,9H,7-8,10-11,22H2,(H,23,24);1-2H3. The van der Waals surface area contributed by atoms with E-state index in [1.165, 1.54) is 0 Å². The molecule has 150 valence electrons. The molecule has 1 amide bonds. The third kappa shape index (κ3) is 3.25. The van der Waals surface area contributed by atoms with E-state index < -0.39 is 0 Å². The summed E-state index contributed by atoms with van der Waals surface area (Å²) in [6, 6.07) is 13.6. The highest BCUT2D eigenvalue weighted by Gasteiger charge is 2.28. The number of ether oxygens (including phenoxy) is 3. The van der Waals surface area contributed by atoms with Gasteiger partial charge < -0.3 is 25.3 Å². The lowest BCUT2D eigenvalue weighted by Crippen LogP contribution is -2.12. The predicted octanol–water partition coefficient (Wildman–Crippen LogP) is 3.84. The second-order valence-electron chi connectivity index (χ2n) is 6.52. The molecule has 0 unspecified atom stereocenters. The van der Waals surface area contributed by atoms with Crippen LogP contribution in [0.4, 0.5) is 0 Å². The number of fused-ring (bicyclic) bond motifs is 4.